The highest BCUT2D eigenvalue weighted by Gasteiger charge is 2.30. The number of benzene rings is 3. The van der Waals surface area contributed by atoms with Gasteiger partial charge in [0.05, 0.1) is 12.0 Å². The van der Waals surface area contributed by atoms with Crippen LogP contribution >= 0.6 is 0 Å². The van der Waals surface area contributed by atoms with E-state index in [1.54, 1.807) is 26.8 Å². The second-order valence-corrected chi connectivity index (χ2v) is 11.6. The average Bonchev–Trinajstić information content (AvgIpc) is 3.26. The zero-order chi connectivity index (χ0) is 30.6. The third-order valence-electron chi connectivity index (χ3n) is 7.34. The maximum atomic E-state index is 13.0. The van der Waals surface area contributed by atoms with Crippen LogP contribution in [0.5, 0.6) is 5.75 Å². The molecule has 0 fully saturated rings. The lowest BCUT2D eigenvalue weighted by Gasteiger charge is -2.17. The molecule has 0 aliphatic heterocycles. The number of rotatable bonds is 10. The van der Waals surface area contributed by atoms with E-state index < -0.39 is 34.1 Å². The number of fused-ring (bicyclic) bond motifs is 3. The number of methoxy groups -OCH3 is 1. The number of aliphatic carboxylic acids is 1. The number of guanidine groups is 1. The summed E-state index contributed by atoms with van der Waals surface area (Å²) in [7, 11) is -2.57. The number of alkyl carbamates (subject to hydrolysis) is 1. The van der Waals surface area contributed by atoms with Crippen molar-refractivity contribution in [2.45, 2.75) is 44.0 Å². The van der Waals surface area contributed by atoms with Crippen molar-refractivity contribution in [1.29, 1.82) is 0 Å². The Morgan fingerprint density at radius 1 is 1.02 bits per heavy atom. The molecule has 42 heavy (non-hydrogen) atoms. The van der Waals surface area contributed by atoms with Crippen LogP contribution in [-0.2, 0) is 19.6 Å². The van der Waals surface area contributed by atoms with Crippen LogP contribution in [0.15, 0.2) is 64.5 Å². The third kappa shape index (κ3) is 6.33. The molecule has 0 spiro atoms. The Balaban J connectivity index is 1.35. The molecule has 0 saturated heterocycles. The molecule has 1 aliphatic rings. The van der Waals surface area contributed by atoms with Gasteiger partial charge in [0.1, 0.15) is 18.4 Å². The van der Waals surface area contributed by atoms with Gasteiger partial charge < -0.3 is 25.6 Å². The first-order valence-corrected chi connectivity index (χ1v) is 14.7. The van der Waals surface area contributed by atoms with Gasteiger partial charge in [0.25, 0.3) is 10.0 Å². The van der Waals surface area contributed by atoms with Gasteiger partial charge >= 0.3 is 12.1 Å². The van der Waals surface area contributed by atoms with E-state index in [1.165, 1.54) is 7.11 Å². The molecule has 12 heteroatoms. The van der Waals surface area contributed by atoms with Crippen molar-refractivity contribution < 1.29 is 32.6 Å². The van der Waals surface area contributed by atoms with Crippen molar-refractivity contribution in [2.24, 2.45) is 10.7 Å². The van der Waals surface area contributed by atoms with Gasteiger partial charge in [-0.3, -0.25) is 4.99 Å². The van der Waals surface area contributed by atoms with Crippen LogP contribution in [0.2, 0.25) is 0 Å². The number of amides is 1. The number of carboxylic acid groups (broad SMARTS) is 1. The number of nitrogens with one attached hydrogen (secondary N) is 2. The van der Waals surface area contributed by atoms with Crippen LogP contribution in [0.4, 0.5) is 4.79 Å². The maximum Gasteiger partial charge on any atom is 0.407 e. The predicted octanol–water partition coefficient (Wildman–Crippen LogP) is 3.60. The highest BCUT2D eigenvalue weighted by Crippen LogP contribution is 2.44. The fourth-order valence-corrected chi connectivity index (χ4v) is 6.70. The quantitative estimate of drug-likeness (QED) is 0.204. The zero-order valence-corrected chi connectivity index (χ0v) is 24.6. The number of hydrogen-bond donors (Lipinski definition) is 4. The van der Waals surface area contributed by atoms with Crippen molar-refractivity contribution in [3.8, 4) is 16.9 Å². The summed E-state index contributed by atoms with van der Waals surface area (Å²) in [5.41, 5.74) is 11.7. The number of aliphatic imine (C=N–C) groups is 1. The molecule has 0 saturated carbocycles. The summed E-state index contributed by atoms with van der Waals surface area (Å²) in [6, 6.07) is 16.0. The van der Waals surface area contributed by atoms with E-state index in [1.807, 2.05) is 48.5 Å². The smallest absolute Gasteiger partial charge is 0.407 e. The van der Waals surface area contributed by atoms with E-state index in [0.717, 1.165) is 22.3 Å². The van der Waals surface area contributed by atoms with Crippen molar-refractivity contribution in [3.63, 3.8) is 0 Å². The lowest BCUT2D eigenvalue weighted by Crippen LogP contribution is -2.42. The standard InChI is InChI=1S/C30H34N4O7S/c1-17-15-26(40-4)18(2)19(3)27(17)42(38,39)34-29(31)32-14-13-25(28(35)36)33-30(37)41-16-24-22-11-7-5-9-20(22)21-10-6-8-12-23(21)24/h5-12,15,24-25H,13-14,16H2,1-4H3,(H,33,37)(H,35,36)(H3,31,32,34). The molecule has 0 bridgehead atoms. The predicted molar refractivity (Wildman–Crippen MR) is 158 cm³/mol. The van der Waals surface area contributed by atoms with Crippen LogP contribution in [0.3, 0.4) is 0 Å². The number of carboxylic acids is 1. The molecule has 1 atom stereocenters. The summed E-state index contributed by atoms with van der Waals surface area (Å²) >= 11 is 0. The molecule has 11 nitrogen and oxygen atoms in total. The number of nitrogens with zero attached hydrogens (tertiary/aromatic N) is 1. The Morgan fingerprint density at radius 2 is 1.62 bits per heavy atom. The minimum atomic E-state index is -4.08. The Labute approximate surface area is 244 Å². The van der Waals surface area contributed by atoms with Crippen molar-refractivity contribution >= 4 is 28.0 Å². The van der Waals surface area contributed by atoms with Gasteiger partial charge in [0.15, 0.2) is 0 Å². The maximum absolute atomic E-state index is 13.0. The monoisotopic (exact) mass is 594 g/mol. The summed E-state index contributed by atoms with van der Waals surface area (Å²) in [6.07, 6.45) is -1.04. The SMILES string of the molecule is COc1cc(C)c(S(=O)(=O)NC(N)=NCCC(NC(=O)OCC2c3ccccc3-c3ccccc32)C(=O)O)c(C)c1C. The molecule has 0 aromatic heterocycles. The van der Waals surface area contributed by atoms with E-state index in [0.29, 0.717) is 22.4 Å². The number of carbonyl (C=O) groups excluding carboxylic acids is 1. The molecule has 222 valence electrons. The van der Waals surface area contributed by atoms with Gasteiger partial charge in [0.2, 0.25) is 5.96 Å². The highest BCUT2D eigenvalue weighted by atomic mass is 32.2. The second kappa shape index (κ2) is 12.5. The molecule has 0 heterocycles. The number of carbonyl (C=O) groups is 2. The molecular weight excluding hydrogens is 560 g/mol. The molecule has 1 amide bonds. The number of aryl methyl sites for hydroxylation is 1. The second-order valence-electron chi connectivity index (χ2n) is 10.00. The first-order valence-electron chi connectivity index (χ1n) is 13.3. The minimum Gasteiger partial charge on any atom is -0.496 e. The third-order valence-corrected chi connectivity index (χ3v) is 8.98. The van der Waals surface area contributed by atoms with Crippen LogP contribution in [-0.4, -0.2) is 57.8 Å². The topological polar surface area (TPSA) is 169 Å². The zero-order valence-electron chi connectivity index (χ0n) is 23.8. The van der Waals surface area contributed by atoms with Crippen LogP contribution in [0.1, 0.15) is 40.2 Å². The molecular formula is C30H34N4O7S. The van der Waals surface area contributed by atoms with Gasteiger partial charge in [-0.2, -0.15) is 0 Å². The molecule has 0 radical (unpaired) electrons. The minimum absolute atomic E-state index is 0.0305. The molecule has 3 aromatic rings. The van der Waals surface area contributed by atoms with Gasteiger partial charge in [-0.15, -0.1) is 0 Å². The van der Waals surface area contributed by atoms with E-state index in [4.69, 9.17) is 15.2 Å². The van der Waals surface area contributed by atoms with Gasteiger partial charge in [-0.25, -0.2) is 22.7 Å². The molecule has 3 aromatic carbocycles. The van der Waals surface area contributed by atoms with E-state index >= 15 is 0 Å². The number of hydrogen-bond acceptors (Lipinski definition) is 7. The lowest BCUT2D eigenvalue weighted by atomic mass is 9.98. The highest BCUT2D eigenvalue weighted by molar-refractivity contribution is 7.90. The van der Waals surface area contributed by atoms with Crippen LogP contribution in [0.25, 0.3) is 11.1 Å². The molecule has 4 rings (SSSR count). The Bertz CT molecular complexity index is 1610. The van der Waals surface area contributed by atoms with E-state index in [2.05, 4.69) is 15.0 Å². The first-order chi connectivity index (χ1) is 19.9. The first kappa shape index (κ1) is 30.4. The van der Waals surface area contributed by atoms with Gasteiger partial charge in [-0.05, 0) is 72.2 Å². The lowest BCUT2D eigenvalue weighted by molar-refractivity contribution is -0.139. The number of ether oxygens (including phenoxy) is 2. The van der Waals surface area contributed by atoms with E-state index in [-0.39, 0.29) is 30.4 Å². The largest absolute Gasteiger partial charge is 0.496 e. The fourth-order valence-electron chi connectivity index (χ4n) is 5.22. The van der Waals surface area contributed by atoms with Gasteiger partial charge in [0, 0.05) is 12.5 Å². The summed E-state index contributed by atoms with van der Waals surface area (Å²) in [4.78, 5) is 28.4. The Hall–Kier alpha value is -4.58. The summed E-state index contributed by atoms with van der Waals surface area (Å²) < 4.78 is 39.0. The fraction of sp³-hybridized carbons (Fsp3) is 0.300. The average molecular weight is 595 g/mol. The van der Waals surface area contributed by atoms with Crippen molar-refractivity contribution in [2.75, 3.05) is 20.3 Å². The molecule has 5 N–H and O–H groups in total. The molecule has 1 unspecified atom stereocenters. The van der Waals surface area contributed by atoms with E-state index in [9.17, 15) is 23.1 Å². The van der Waals surface area contributed by atoms with Crippen molar-refractivity contribution in [3.05, 3.63) is 82.4 Å². The van der Waals surface area contributed by atoms with Crippen molar-refractivity contribution in [1.82, 2.24) is 10.0 Å². The number of sulfonamides is 1. The Morgan fingerprint density at radius 3 is 2.19 bits per heavy atom. The van der Waals surface area contributed by atoms with Crippen LogP contribution in [0, 0.1) is 20.8 Å². The summed E-state index contributed by atoms with van der Waals surface area (Å²) in [6.45, 7) is 4.92. The summed E-state index contributed by atoms with van der Waals surface area (Å²) in [5, 5.41) is 12.0. The normalized spacial score (nSPS) is 13.6. The molecule has 1 aliphatic carbocycles. The van der Waals surface area contributed by atoms with Gasteiger partial charge in [-0.1, -0.05) is 48.5 Å². The summed E-state index contributed by atoms with van der Waals surface area (Å²) in [5.74, 6) is -1.31. The number of nitrogens with two attached hydrogens (primary N) is 1. The van der Waals surface area contributed by atoms with Crippen LogP contribution < -0.4 is 20.5 Å². The Kier molecular flexibility index (Phi) is 9.05.